The van der Waals surface area contributed by atoms with E-state index in [9.17, 15) is 9.18 Å². The van der Waals surface area contributed by atoms with Crippen LogP contribution in [0.15, 0.2) is 77.5 Å². The number of hydrogen-bond acceptors (Lipinski definition) is 4. The lowest BCUT2D eigenvalue weighted by atomic mass is 10.2. The molecule has 1 amide bonds. The van der Waals surface area contributed by atoms with Crippen molar-refractivity contribution in [2.24, 2.45) is 4.99 Å². The number of amidine groups is 1. The fourth-order valence-electron chi connectivity index (χ4n) is 2.82. The highest BCUT2D eigenvalue weighted by Crippen LogP contribution is 2.32. The zero-order valence-corrected chi connectivity index (χ0v) is 17.8. The molecule has 0 saturated heterocycles. The van der Waals surface area contributed by atoms with E-state index >= 15 is 0 Å². The number of pyridine rings is 1. The maximum Gasteiger partial charge on any atom is 0.283 e. The summed E-state index contributed by atoms with van der Waals surface area (Å²) in [6.07, 6.45) is 3.30. The Labute approximate surface area is 187 Å². The van der Waals surface area contributed by atoms with Gasteiger partial charge in [0.25, 0.3) is 5.91 Å². The lowest BCUT2D eigenvalue weighted by Gasteiger charge is -2.18. The van der Waals surface area contributed by atoms with Crippen LogP contribution >= 0.6 is 35.0 Å². The normalized spacial score (nSPS) is 15.0. The Balaban J connectivity index is 1.70. The smallest absolute Gasteiger partial charge is 0.266 e. The van der Waals surface area contributed by atoms with E-state index in [1.807, 2.05) is 18.2 Å². The molecule has 0 spiro atoms. The number of aliphatic imine (C=N–C) groups is 1. The number of carbonyl (C=O) groups excluding carboxylic acids is 1. The van der Waals surface area contributed by atoms with Crippen molar-refractivity contribution >= 4 is 57.8 Å². The number of halogens is 3. The molecule has 1 aromatic heterocycles. The number of para-hydroxylation sites is 1. The summed E-state index contributed by atoms with van der Waals surface area (Å²) in [6.45, 7) is 0. The van der Waals surface area contributed by atoms with Crippen molar-refractivity contribution in [1.82, 2.24) is 4.98 Å². The van der Waals surface area contributed by atoms with Gasteiger partial charge in [-0.15, -0.1) is 0 Å². The average molecular weight is 458 g/mol. The number of benzene rings is 2. The first-order valence-electron chi connectivity index (χ1n) is 8.90. The molecule has 0 atom stereocenters. The quantitative estimate of drug-likeness (QED) is 0.437. The predicted octanol–water partition coefficient (Wildman–Crippen LogP) is 6.20. The number of aromatic nitrogens is 1. The number of nitrogens with zero attached hydrogens (tertiary/aromatic N) is 3. The van der Waals surface area contributed by atoms with Crippen LogP contribution in [-0.4, -0.2) is 16.1 Å². The summed E-state index contributed by atoms with van der Waals surface area (Å²) >= 11 is 13.3. The van der Waals surface area contributed by atoms with Gasteiger partial charge in [0.1, 0.15) is 11.5 Å². The Kier molecular flexibility index (Phi) is 6.18. The third-order valence-corrected chi connectivity index (χ3v) is 5.96. The largest absolute Gasteiger partial charge is 0.283 e. The topological polar surface area (TPSA) is 45.6 Å². The van der Waals surface area contributed by atoms with E-state index in [1.54, 1.807) is 48.7 Å². The predicted molar refractivity (Wildman–Crippen MR) is 121 cm³/mol. The van der Waals surface area contributed by atoms with Crippen molar-refractivity contribution in [3.8, 4) is 0 Å². The van der Waals surface area contributed by atoms with Gasteiger partial charge >= 0.3 is 0 Å². The van der Waals surface area contributed by atoms with Crippen LogP contribution in [0.25, 0.3) is 6.08 Å². The fraction of sp³-hybridized carbons (Fsp3) is 0.0455. The molecule has 30 heavy (non-hydrogen) atoms. The van der Waals surface area contributed by atoms with Crippen LogP contribution in [0.4, 0.5) is 10.1 Å². The van der Waals surface area contributed by atoms with Gasteiger partial charge in [-0.25, -0.2) is 9.38 Å². The zero-order chi connectivity index (χ0) is 21.1. The molecule has 0 bridgehead atoms. The molecular formula is C22H14Cl2FN3OS. The van der Waals surface area contributed by atoms with Crippen molar-refractivity contribution < 1.29 is 9.18 Å². The van der Waals surface area contributed by atoms with Crippen LogP contribution in [0.3, 0.4) is 0 Å². The second-order valence-electron chi connectivity index (χ2n) is 6.30. The molecule has 0 fully saturated rings. The molecule has 3 aromatic rings. The minimum absolute atomic E-state index is 0.146. The Morgan fingerprint density at radius 2 is 1.83 bits per heavy atom. The summed E-state index contributed by atoms with van der Waals surface area (Å²) < 4.78 is 14.5. The molecular weight excluding hydrogens is 444 g/mol. The van der Waals surface area contributed by atoms with Crippen LogP contribution in [0.5, 0.6) is 0 Å². The van der Waals surface area contributed by atoms with Crippen molar-refractivity contribution in [3.05, 3.63) is 99.7 Å². The fourth-order valence-corrected chi connectivity index (χ4v) is 4.05. The molecule has 1 aliphatic rings. The molecule has 0 N–H and O–H groups in total. The summed E-state index contributed by atoms with van der Waals surface area (Å²) in [5.74, 6) is -0.444. The first-order valence-corrected chi connectivity index (χ1v) is 10.6. The van der Waals surface area contributed by atoms with Crippen LogP contribution in [0, 0.1) is 5.82 Å². The summed E-state index contributed by atoms with van der Waals surface area (Å²) in [7, 11) is 0. The summed E-state index contributed by atoms with van der Waals surface area (Å²) in [4.78, 5) is 23.2. The zero-order valence-electron chi connectivity index (χ0n) is 15.4. The number of amides is 1. The standard InChI is InChI=1S/C22H14Cl2FN3OS/c23-16-9-8-14(11-17(16)24)12-19-21(29)28(20-7-2-1-6-18(20)25)22(27-19)30-13-15-5-3-4-10-26-15/h1-12H,13H2/b19-12+. The van der Waals surface area contributed by atoms with Crippen molar-refractivity contribution in [1.29, 1.82) is 0 Å². The van der Waals surface area contributed by atoms with Gasteiger partial charge in [-0.05, 0) is 48.0 Å². The van der Waals surface area contributed by atoms with Gasteiger partial charge in [-0.3, -0.25) is 14.7 Å². The number of thioether (sulfide) groups is 1. The lowest BCUT2D eigenvalue weighted by Crippen LogP contribution is -2.31. The van der Waals surface area contributed by atoms with Crippen LogP contribution in [-0.2, 0) is 10.5 Å². The second kappa shape index (κ2) is 9.00. The number of hydrogen-bond donors (Lipinski definition) is 0. The summed E-state index contributed by atoms with van der Waals surface area (Å²) in [5, 5.41) is 1.16. The minimum atomic E-state index is -0.507. The molecule has 2 aromatic carbocycles. The van der Waals surface area contributed by atoms with E-state index in [0.717, 1.165) is 5.69 Å². The van der Waals surface area contributed by atoms with Gasteiger partial charge < -0.3 is 0 Å². The minimum Gasteiger partial charge on any atom is -0.266 e. The van der Waals surface area contributed by atoms with Gasteiger partial charge in [0.2, 0.25) is 0 Å². The van der Waals surface area contributed by atoms with Gasteiger partial charge in [-0.2, -0.15) is 0 Å². The Morgan fingerprint density at radius 3 is 2.57 bits per heavy atom. The SMILES string of the molecule is O=C1/C(=C\c2ccc(Cl)c(Cl)c2)N=C(SCc2ccccn2)N1c1ccccc1F. The first-order chi connectivity index (χ1) is 14.5. The van der Waals surface area contributed by atoms with Gasteiger partial charge in [-0.1, -0.05) is 59.2 Å². The summed E-state index contributed by atoms with van der Waals surface area (Å²) in [5.41, 5.74) is 1.82. The average Bonchev–Trinajstić information content (AvgIpc) is 3.05. The Morgan fingerprint density at radius 1 is 1.03 bits per heavy atom. The molecule has 8 heteroatoms. The molecule has 0 radical (unpaired) electrons. The number of anilines is 1. The highest BCUT2D eigenvalue weighted by Gasteiger charge is 2.33. The van der Waals surface area contributed by atoms with E-state index in [1.165, 1.54) is 22.7 Å². The molecule has 1 aliphatic heterocycles. The maximum absolute atomic E-state index is 14.5. The van der Waals surface area contributed by atoms with Crippen molar-refractivity contribution in [3.63, 3.8) is 0 Å². The highest BCUT2D eigenvalue weighted by molar-refractivity contribution is 8.13. The van der Waals surface area contributed by atoms with E-state index < -0.39 is 11.7 Å². The second-order valence-corrected chi connectivity index (χ2v) is 8.06. The van der Waals surface area contributed by atoms with Crippen LogP contribution in [0.1, 0.15) is 11.3 Å². The van der Waals surface area contributed by atoms with Crippen molar-refractivity contribution in [2.45, 2.75) is 5.75 Å². The summed E-state index contributed by atoms with van der Waals surface area (Å²) in [6, 6.07) is 16.7. The maximum atomic E-state index is 14.5. The molecule has 0 unspecified atom stereocenters. The third kappa shape index (κ3) is 4.41. The number of rotatable bonds is 4. The van der Waals surface area contributed by atoms with Crippen molar-refractivity contribution in [2.75, 3.05) is 4.90 Å². The number of carbonyl (C=O) groups is 1. The Bertz CT molecular complexity index is 1170. The molecule has 150 valence electrons. The van der Waals surface area contributed by atoms with Gasteiger partial charge in [0.05, 0.1) is 21.4 Å². The molecule has 2 heterocycles. The highest BCUT2D eigenvalue weighted by atomic mass is 35.5. The van der Waals surface area contributed by atoms with E-state index in [4.69, 9.17) is 23.2 Å². The van der Waals surface area contributed by atoms with Gasteiger partial charge in [0.15, 0.2) is 5.17 Å². The van der Waals surface area contributed by atoms with E-state index in [0.29, 0.717) is 26.5 Å². The molecule has 4 rings (SSSR count). The first kappa shape index (κ1) is 20.6. The molecule has 0 saturated carbocycles. The monoisotopic (exact) mass is 457 g/mol. The van der Waals surface area contributed by atoms with E-state index in [2.05, 4.69) is 9.98 Å². The van der Waals surface area contributed by atoms with E-state index in [-0.39, 0.29) is 11.4 Å². The third-order valence-electron chi connectivity index (χ3n) is 4.25. The molecule has 0 aliphatic carbocycles. The Hall–Kier alpha value is -2.67. The molecule has 4 nitrogen and oxygen atoms in total. The lowest BCUT2D eigenvalue weighted by molar-refractivity contribution is -0.113. The van der Waals surface area contributed by atoms with Crippen LogP contribution < -0.4 is 4.90 Å². The van der Waals surface area contributed by atoms with Crippen LogP contribution in [0.2, 0.25) is 10.0 Å². The van der Waals surface area contributed by atoms with Gasteiger partial charge in [0, 0.05) is 11.9 Å².